The number of hydrogen-bond acceptors (Lipinski definition) is 4. The maximum Gasteiger partial charge on any atom is 0.320 e. The SMILES string of the molecule is CC(=O)Nc1ccc(Cc2ccc(NC(=O)NCCCC[C@H](N)C(=O)O)cc2)cc1. The Kier molecular flexibility index (Phi) is 8.83. The number of nitrogens with two attached hydrogens (primary N) is 1. The number of unbranched alkanes of at least 4 members (excludes halogenated alkanes) is 1. The number of nitrogens with one attached hydrogen (secondary N) is 3. The van der Waals surface area contributed by atoms with Crippen LogP contribution < -0.4 is 21.7 Å². The summed E-state index contributed by atoms with van der Waals surface area (Å²) < 4.78 is 0. The molecule has 160 valence electrons. The largest absolute Gasteiger partial charge is 0.480 e. The van der Waals surface area contributed by atoms with Crippen LogP contribution in [0.4, 0.5) is 16.2 Å². The lowest BCUT2D eigenvalue weighted by molar-refractivity contribution is -0.138. The molecule has 0 aliphatic carbocycles. The predicted molar refractivity (Wildman–Crippen MR) is 116 cm³/mol. The molecule has 2 aromatic carbocycles. The number of urea groups is 1. The molecule has 0 spiro atoms. The van der Waals surface area contributed by atoms with Crippen molar-refractivity contribution < 1.29 is 19.5 Å². The first kappa shape index (κ1) is 22.9. The molecule has 0 heterocycles. The molecule has 0 aliphatic heterocycles. The Bertz CT molecular complexity index is 850. The van der Waals surface area contributed by atoms with Gasteiger partial charge >= 0.3 is 12.0 Å². The third-order valence-electron chi connectivity index (χ3n) is 4.44. The molecular formula is C22H28N4O4. The average molecular weight is 412 g/mol. The van der Waals surface area contributed by atoms with E-state index in [1.807, 2.05) is 48.5 Å². The van der Waals surface area contributed by atoms with E-state index in [9.17, 15) is 14.4 Å². The molecule has 0 saturated carbocycles. The molecule has 30 heavy (non-hydrogen) atoms. The second-order valence-corrected chi connectivity index (χ2v) is 7.07. The van der Waals surface area contributed by atoms with Gasteiger partial charge in [0.05, 0.1) is 0 Å². The summed E-state index contributed by atoms with van der Waals surface area (Å²) >= 11 is 0. The lowest BCUT2D eigenvalue weighted by Gasteiger charge is -2.09. The van der Waals surface area contributed by atoms with Crippen LogP contribution in [-0.2, 0) is 16.0 Å². The zero-order valence-electron chi connectivity index (χ0n) is 17.0. The first-order valence-corrected chi connectivity index (χ1v) is 9.82. The highest BCUT2D eigenvalue weighted by Crippen LogP contribution is 2.16. The second kappa shape index (κ2) is 11.6. The Hall–Kier alpha value is -3.39. The van der Waals surface area contributed by atoms with Crippen molar-refractivity contribution in [3.8, 4) is 0 Å². The standard InChI is InChI=1S/C22H28N4O4/c1-15(27)25-18-9-5-16(6-10-18)14-17-7-11-19(12-8-17)26-22(30)24-13-3-2-4-20(23)21(28)29/h5-12,20H,2-4,13-14,23H2,1H3,(H,25,27)(H,28,29)(H2,24,26,30)/t20-/m0/s1. The van der Waals surface area contributed by atoms with Crippen molar-refractivity contribution >= 4 is 29.3 Å². The van der Waals surface area contributed by atoms with Gasteiger partial charge < -0.3 is 26.8 Å². The summed E-state index contributed by atoms with van der Waals surface area (Å²) in [6.45, 7) is 1.92. The Morgan fingerprint density at radius 1 is 0.900 bits per heavy atom. The van der Waals surface area contributed by atoms with Crippen LogP contribution in [0.5, 0.6) is 0 Å². The average Bonchev–Trinajstić information content (AvgIpc) is 2.70. The summed E-state index contributed by atoms with van der Waals surface area (Å²) in [4.78, 5) is 33.6. The van der Waals surface area contributed by atoms with E-state index in [2.05, 4.69) is 16.0 Å². The molecule has 3 amide bonds. The fourth-order valence-electron chi connectivity index (χ4n) is 2.84. The van der Waals surface area contributed by atoms with Gasteiger partial charge in [0.25, 0.3) is 0 Å². The van der Waals surface area contributed by atoms with E-state index >= 15 is 0 Å². The first-order chi connectivity index (χ1) is 14.3. The maximum atomic E-state index is 11.9. The molecule has 8 heteroatoms. The van der Waals surface area contributed by atoms with Gasteiger partial charge in [0, 0.05) is 24.8 Å². The molecule has 2 aromatic rings. The van der Waals surface area contributed by atoms with Gasteiger partial charge in [-0.05, 0) is 61.1 Å². The van der Waals surface area contributed by atoms with Crippen LogP contribution in [0.25, 0.3) is 0 Å². The van der Waals surface area contributed by atoms with Crippen molar-refractivity contribution in [2.45, 2.75) is 38.6 Å². The zero-order valence-corrected chi connectivity index (χ0v) is 17.0. The number of amides is 3. The van der Waals surface area contributed by atoms with Crippen molar-refractivity contribution in [1.82, 2.24) is 5.32 Å². The van der Waals surface area contributed by atoms with E-state index in [4.69, 9.17) is 10.8 Å². The van der Waals surface area contributed by atoms with E-state index in [1.165, 1.54) is 6.92 Å². The number of rotatable bonds is 10. The van der Waals surface area contributed by atoms with Crippen LogP contribution in [0.2, 0.25) is 0 Å². The molecule has 6 N–H and O–H groups in total. The van der Waals surface area contributed by atoms with Gasteiger partial charge in [0.15, 0.2) is 0 Å². The zero-order chi connectivity index (χ0) is 21.9. The Morgan fingerprint density at radius 3 is 1.93 bits per heavy atom. The number of carboxylic acid groups (broad SMARTS) is 1. The highest BCUT2D eigenvalue weighted by atomic mass is 16.4. The van der Waals surface area contributed by atoms with Crippen molar-refractivity contribution in [2.24, 2.45) is 5.73 Å². The summed E-state index contributed by atoms with van der Waals surface area (Å²) in [6, 6.07) is 14.1. The quantitative estimate of drug-likeness (QED) is 0.383. The van der Waals surface area contributed by atoms with E-state index in [0.717, 1.165) is 23.2 Å². The van der Waals surface area contributed by atoms with Crippen molar-refractivity contribution in [3.63, 3.8) is 0 Å². The minimum atomic E-state index is -1.01. The molecule has 2 rings (SSSR count). The highest BCUT2D eigenvalue weighted by molar-refractivity contribution is 5.89. The fourth-order valence-corrected chi connectivity index (χ4v) is 2.84. The number of anilines is 2. The summed E-state index contributed by atoms with van der Waals surface area (Å²) in [5.74, 6) is -1.11. The van der Waals surface area contributed by atoms with Gasteiger partial charge in [-0.15, -0.1) is 0 Å². The van der Waals surface area contributed by atoms with Crippen molar-refractivity contribution in [1.29, 1.82) is 0 Å². The number of carboxylic acids is 1. The van der Waals surface area contributed by atoms with Crippen LogP contribution in [0.15, 0.2) is 48.5 Å². The van der Waals surface area contributed by atoms with Crippen LogP contribution in [-0.4, -0.2) is 35.6 Å². The summed E-state index contributed by atoms with van der Waals surface area (Å²) in [5, 5.41) is 17.0. The van der Waals surface area contributed by atoms with E-state index in [0.29, 0.717) is 31.5 Å². The van der Waals surface area contributed by atoms with E-state index < -0.39 is 12.0 Å². The van der Waals surface area contributed by atoms with Gasteiger partial charge in [0.1, 0.15) is 6.04 Å². The number of hydrogen-bond donors (Lipinski definition) is 5. The van der Waals surface area contributed by atoms with Crippen molar-refractivity contribution in [2.75, 3.05) is 17.2 Å². The van der Waals surface area contributed by atoms with Gasteiger partial charge in [-0.3, -0.25) is 9.59 Å². The lowest BCUT2D eigenvalue weighted by atomic mass is 10.0. The number of carbonyl (C=O) groups is 3. The van der Waals surface area contributed by atoms with Crippen LogP contribution in [0.1, 0.15) is 37.3 Å². The second-order valence-electron chi connectivity index (χ2n) is 7.07. The van der Waals surface area contributed by atoms with E-state index in [1.54, 1.807) is 0 Å². The molecule has 1 atom stereocenters. The Labute approximate surface area is 175 Å². The molecule has 0 saturated heterocycles. The van der Waals surface area contributed by atoms with Gasteiger partial charge in [-0.25, -0.2) is 4.79 Å². The number of aliphatic carboxylic acids is 1. The first-order valence-electron chi connectivity index (χ1n) is 9.82. The van der Waals surface area contributed by atoms with Crippen LogP contribution in [0.3, 0.4) is 0 Å². The van der Waals surface area contributed by atoms with Gasteiger partial charge in [-0.2, -0.15) is 0 Å². The molecule has 0 aliphatic rings. The smallest absolute Gasteiger partial charge is 0.320 e. The predicted octanol–water partition coefficient (Wildman–Crippen LogP) is 2.94. The summed E-state index contributed by atoms with van der Waals surface area (Å²) in [6.07, 6.45) is 2.42. The minimum Gasteiger partial charge on any atom is -0.480 e. The molecule has 0 unspecified atom stereocenters. The van der Waals surface area contributed by atoms with Crippen LogP contribution >= 0.6 is 0 Å². The Balaban J connectivity index is 1.72. The molecule has 8 nitrogen and oxygen atoms in total. The number of benzene rings is 2. The third-order valence-corrected chi connectivity index (χ3v) is 4.44. The third kappa shape index (κ3) is 8.32. The topological polar surface area (TPSA) is 134 Å². The van der Waals surface area contributed by atoms with Crippen molar-refractivity contribution in [3.05, 3.63) is 59.7 Å². The molecular weight excluding hydrogens is 384 g/mol. The van der Waals surface area contributed by atoms with E-state index in [-0.39, 0.29) is 11.9 Å². The molecule has 0 radical (unpaired) electrons. The summed E-state index contributed by atoms with van der Waals surface area (Å²) in [7, 11) is 0. The monoisotopic (exact) mass is 412 g/mol. The summed E-state index contributed by atoms with van der Waals surface area (Å²) in [5.41, 5.74) is 9.10. The highest BCUT2D eigenvalue weighted by Gasteiger charge is 2.10. The van der Waals surface area contributed by atoms with Gasteiger partial charge in [-0.1, -0.05) is 24.3 Å². The Morgan fingerprint density at radius 2 is 1.43 bits per heavy atom. The van der Waals surface area contributed by atoms with Crippen LogP contribution in [0, 0.1) is 0 Å². The minimum absolute atomic E-state index is 0.0998. The fraction of sp³-hybridized carbons (Fsp3) is 0.318. The molecule has 0 bridgehead atoms. The van der Waals surface area contributed by atoms with Gasteiger partial charge in [0.2, 0.25) is 5.91 Å². The molecule has 0 aromatic heterocycles. The molecule has 0 fully saturated rings. The number of carbonyl (C=O) groups excluding carboxylic acids is 2. The lowest BCUT2D eigenvalue weighted by Crippen LogP contribution is -2.31. The maximum absolute atomic E-state index is 11.9. The normalized spacial score (nSPS) is 11.4.